The van der Waals surface area contributed by atoms with Crippen LogP contribution in [0.2, 0.25) is 0 Å². The van der Waals surface area contributed by atoms with E-state index in [2.05, 4.69) is 10.2 Å². The Labute approximate surface area is 129 Å². The molecule has 0 radical (unpaired) electrons. The number of aryl methyl sites for hydroxylation is 1. The van der Waals surface area contributed by atoms with Crippen LogP contribution in [0.25, 0.3) is 0 Å². The van der Waals surface area contributed by atoms with Crippen molar-refractivity contribution in [3.63, 3.8) is 0 Å². The van der Waals surface area contributed by atoms with E-state index >= 15 is 0 Å². The molecule has 1 aliphatic carbocycles. The number of rotatable bonds is 8. The first-order valence-electron chi connectivity index (χ1n) is 7.59. The molecular weight excluding hydrogens is 290 g/mol. The molecule has 118 valence electrons. The molecule has 0 bridgehead atoms. The van der Waals surface area contributed by atoms with Gasteiger partial charge in [-0.1, -0.05) is 37.9 Å². The van der Waals surface area contributed by atoms with Gasteiger partial charge in [-0.2, -0.15) is 0 Å². The molecular formula is C14H23N3O3S. The topological polar surface area (TPSA) is 77.2 Å². The smallest absolute Gasteiger partial charge is 0.313 e. The second kappa shape index (κ2) is 8.38. The molecule has 0 spiro atoms. The minimum Gasteiger partial charge on any atom is -0.481 e. The molecule has 0 saturated heterocycles. The first-order valence-corrected chi connectivity index (χ1v) is 8.57. The van der Waals surface area contributed by atoms with E-state index in [4.69, 9.17) is 9.84 Å². The maximum atomic E-state index is 10.7. The van der Waals surface area contributed by atoms with Gasteiger partial charge in [-0.3, -0.25) is 4.79 Å². The number of thioether (sulfide) groups is 1. The summed E-state index contributed by atoms with van der Waals surface area (Å²) in [5.41, 5.74) is 0. The van der Waals surface area contributed by atoms with Crippen LogP contribution in [0.1, 0.15) is 44.9 Å². The molecule has 7 heteroatoms. The molecule has 1 fully saturated rings. The largest absolute Gasteiger partial charge is 0.481 e. The fourth-order valence-corrected chi connectivity index (χ4v) is 3.28. The van der Waals surface area contributed by atoms with Crippen LogP contribution < -0.4 is 0 Å². The third kappa shape index (κ3) is 5.00. The van der Waals surface area contributed by atoms with E-state index in [-0.39, 0.29) is 5.75 Å². The summed E-state index contributed by atoms with van der Waals surface area (Å²) in [6.45, 7) is 3.35. The van der Waals surface area contributed by atoms with Crippen molar-refractivity contribution in [2.45, 2.75) is 63.3 Å². The molecule has 0 aromatic carbocycles. The van der Waals surface area contributed by atoms with Crippen LogP contribution in [-0.2, 0) is 22.5 Å². The summed E-state index contributed by atoms with van der Waals surface area (Å²) in [6.07, 6.45) is 7.32. The lowest BCUT2D eigenvalue weighted by atomic mass is 9.98. The number of hydrogen-bond acceptors (Lipinski definition) is 5. The van der Waals surface area contributed by atoms with Crippen LogP contribution in [0.4, 0.5) is 0 Å². The zero-order chi connectivity index (χ0) is 15.1. The number of hydrogen-bond donors (Lipinski definition) is 1. The van der Waals surface area contributed by atoms with E-state index in [1.54, 1.807) is 0 Å². The minimum atomic E-state index is -0.842. The molecule has 2 rings (SSSR count). The molecule has 0 aliphatic heterocycles. The van der Waals surface area contributed by atoms with Crippen molar-refractivity contribution >= 4 is 17.7 Å². The van der Waals surface area contributed by atoms with Crippen LogP contribution in [0, 0.1) is 0 Å². The Kier molecular flexibility index (Phi) is 6.50. The van der Waals surface area contributed by atoms with Gasteiger partial charge in [0.15, 0.2) is 5.16 Å². The van der Waals surface area contributed by atoms with Crippen LogP contribution in [0.3, 0.4) is 0 Å². The number of carbonyl (C=O) groups is 1. The van der Waals surface area contributed by atoms with E-state index in [0.29, 0.717) is 24.4 Å². The Morgan fingerprint density at radius 1 is 1.38 bits per heavy atom. The third-order valence-electron chi connectivity index (χ3n) is 3.66. The van der Waals surface area contributed by atoms with E-state index in [1.807, 2.05) is 11.5 Å². The lowest BCUT2D eigenvalue weighted by molar-refractivity contribution is -0.133. The molecule has 1 aliphatic rings. The van der Waals surface area contributed by atoms with Crippen molar-refractivity contribution in [1.82, 2.24) is 14.8 Å². The molecule has 0 atom stereocenters. The Hall–Kier alpha value is -1.08. The van der Waals surface area contributed by atoms with Crippen molar-refractivity contribution in [3.8, 4) is 0 Å². The van der Waals surface area contributed by atoms with Gasteiger partial charge >= 0.3 is 5.97 Å². The second-order valence-corrected chi connectivity index (χ2v) is 6.16. The van der Waals surface area contributed by atoms with Crippen LogP contribution in [-0.4, -0.2) is 44.3 Å². The maximum Gasteiger partial charge on any atom is 0.313 e. The summed E-state index contributed by atoms with van der Waals surface area (Å²) in [5, 5.41) is 17.6. The molecule has 1 heterocycles. The fourth-order valence-electron chi connectivity index (χ4n) is 2.58. The van der Waals surface area contributed by atoms with E-state index in [1.165, 1.54) is 31.0 Å². The van der Waals surface area contributed by atoms with Crippen LogP contribution in [0.15, 0.2) is 5.16 Å². The van der Waals surface area contributed by atoms with Gasteiger partial charge in [0.1, 0.15) is 5.82 Å². The monoisotopic (exact) mass is 313 g/mol. The Balaban J connectivity index is 1.87. The molecule has 1 saturated carbocycles. The molecule has 1 aromatic rings. The molecule has 0 unspecified atom stereocenters. The lowest BCUT2D eigenvalue weighted by Crippen LogP contribution is -2.20. The average molecular weight is 313 g/mol. The van der Waals surface area contributed by atoms with Gasteiger partial charge in [-0.25, -0.2) is 0 Å². The van der Waals surface area contributed by atoms with Gasteiger partial charge in [0.2, 0.25) is 0 Å². The van der Waals surface area contributed by atoms with Crippen molar-refractivity contribution in [2.75, 3.05) is 12.4 Å². The third-order valence-corrected chi connectivity index (χ3v) is 4.61. The highest BCUT2D eigenvalue weighted by Gasteiger charge is 2.16. The Morgan fingerprint density at radius 3 is 2.81 bits per heavy atom. The lowest BCUT2D eigenvalue weighted by Gasteiger charge is -2.22. The SMILES string of the molecule is CCc1nnc(SCC(=O)O)n1CCOC1CCCCC1. The van der Waals surface area contributed by atoms with Crippen molar-refractivity contribution < 1.29 is 14.6 Å². The Bertz CT molecular complexity index is 458. The van der Waals surface area contributed by atoms with Crippen LogP contribution >= 0.6 is 11.8 Å². The van der Waals surface area contributed by atoms with Gasteiger partial charge in [-0.15, -0.1) is 10.2 Å². The number of nitrogens with zero attached hydrogens (tertiary/aromatic N) is 3. The highest BCUT2D eigenvalue weighted by atomic mass is 32.2. The van der Waals surface area contributed by atoms with Gasteiger partial charge in [0.05, 0.1) is 18.5 Å². The number of ether oxygens (including phenoxy) is 1. The number of aliphatic carboxylic acids is 1. The molecule has 6 nitrogen and oxygen atoms in total. The predicted molar refractivity (Wildman–Crippen MR) is 80.6 cm³/mol. The molecule has 1 N–H and O–H groups in total. The van der Waals surface area contributed by atoms with Gasteiger partial charge in [-0.05, 0) is 12.8 Å². The summed E-state index contributed by atoms with van der Waals surface area (Å²) >= 11 is 1.21. The summed E-state index contributed by atoms with van der Waals surface area (Å²) in [7, 11) is 0. The first kappa shape index (κ1) is 16.3. The van der Waals surface area contributed by atoms with Crippen molar-refractivity contribution in [1.29, 1.82) is 0 Å². The number of aromatic nitrogens is 3. The number of carboxylic acids is 1. The quantitative estimate of drug-likeness (QED) is 0.742. The average Bonchev–Trinajstić information content (AvgIpc) is 2.88. The van der Waals surface area contributed by atoms with Gasteiger partial charge < -0.3 is 14.4 Å². The maximum absolute atomic E-state index is 10.7. The van der Waals surface area contributed by atoms with Crippen molar-refractivity contribution in [2.24, 2.45) is 0 Å². The van der Waals surface area contributed by atoms with E-state index in [0.717, 1.165) is 25.1 Å². The summed E-state index contributed by atoms with van der Waals surface area (Å²) < 4.78 is 7.92. The summed E-state index contributed by atoms with van der Waals surface area (Å²) in [5.74, 6) is 0.0481. The minimum absolute atomic E-state index is 0.00529. The Morgan fingerprint density at radius 2 is 2.14 bits per heavy atom. The van der Waals surface area contributed by atoms with Gasteiger partial charge in [0, 0.05) is 13.0 Å². The second-order valence-electron chi connectivity index (χ2n) is 5.22. The molecule has 1 aromatic heterocycles. The van der Waals surface area contributed by atoms with Gasteiger partial charge in [0.25, 0.3) is 0 Å². The highest BCUT2D eigenvalue weighted by molar-refractivity contribution is 7.99. The standard InChI is InChI=1S/C14H23N3O3S/c1-2-12-15-16-14(21-10-13(18)19)17(12)8-9-20-11-6-4-3-5-7-11/h11H,2-10H2,1H3,(H,18,19). The first-order chi connectivity index (χ1) is 10.2. The van der Waals surface area contributed by atoms with E-state index < -0.39 is 5.97 Å². The predicted octanol–water partition coefficient (Wildman–Crippen LogP) is 2.37. The van der Waals surface area contributed by atoms with Crippen LogP contribution in [0.5, 0.6) is 0 Å². The molecule has 0 amide bonds. The zero-order valence-corrected chi connectivity index (χ0v) is 13.3. The summed E-state index contributed by atoms with van der Waals surface area (Å²) in [6, 6.07) is 0. The molecule has 21 heavy (non-hydrogen) atoms. The fraction of sp³-hybridized carbons (Fsp3) is 0.786. The number of carboxylic acid groups (broad SMARTS) is 1. The van der Waals surface area contributed by atoms with E-state index in [9.17, 15) is 4.79 Å². The summed E-state index contributed by atoms with van der Waals surface area (Å²) in [4.78, 5) is 10.7. The zero-order valence-electron chi connectivity index (χ0n) is 12.5. The normalized spacial score (nSPS) is 16.2. The highest BCUT2D eigenvalue weighted by Crippen LogP contribution is 2.21. The van der Waals surface area contributed by atoms with Crippen molar-refractivity contribution in [3.05, 3.63) is 5.82 Å².